The van der Waals surface area contributed by atoms with E-state index in [1.165, 1.54) is 4.90 Å². The van der Waals surface area contributed by atoms with Crippen LogP contribution in [0.25, 0.3) is 11.1 Å². The van der Waals surface area contributed by atoms with Gasteiger partial charge in [-0.1, -0.05) is 64.4 Å². The van der Waals surface area contributed by atoms with Crippen LogP contribution in [0.1, 0.15) is 83.5 Å². The maximum atomic E-state index is 15.0. The highest BCUT2D eigenvalue weighted by atomic mass is 19.1. The first-order valence-corrected chi connectivity index (χ1v) is 19.1. The van der Waals surface area contributed by atoms with Crippen molar-refractivity contribution in [3.8, 4) is 11.1 Å². The number of hydrogen-bond acceptors (Lipinski definition) is 7. The third-order valence-corrected chi connectivity index (χ3v) is 9.10. The van der Waals surface area contributed by atoms with E-state index in [-0.39, 0.29) is 62.8 Å². The first-order chi connectivity index (χ1) is 26.6. The Kier molecular flexibility index (Phi) is 18.1. The van der Waals surface area contributed by atoms with Crippen molar-refractivity contribution >= 4 is 29.5 Å². The van der Waals surface area contributed by atoms with Gasteiger partial charge in [0, 0.05) is 68.6 Å². The molecule has 0 aliphatic heterocycles. The largest absolute Gasteiger partial charge is 0.387 e. The van der Waals surface area contributed by atoms with Gasteiger partial charge in [0.2, 0.25) is 29.5 Å². The number of rotatable bonds is 22. The monoisotopic (exact) mass is 781 g/mol. The number of benzene rings is 2. The van der Waals surface area contributed by atoms with Gasteiger partial charge < -0.3 is 41.6 Å². The van der Waals surface area contributed by atoms with Crippen LogP contribution in [0.15, 0.2) is 60.8 Å². The van der Waals surface area contributed by atoms with Crippen LogP contribution in [0.2, 0.25) is 0 Å². The summed E-state index contributed by atoms with van der Waals surface area (Å²) >= 11 is 0. The van der Waals surface area contributed by atoms with Crippen molar-refractivity contribution in [2.45, 2.75) is 84.8 Å². The SMILES string of the molecule is CCCCNC(=O)CCCC(=O)NCC(=O)NCCNC(=O)C(N)CCN(C(=O)CO)C(c1cc(-c2cc(F)ccc2F)cn1Cc1ccccc1)C(C)(C)C. The molecule has 1 aromatic heterocycles. The molecule has 0 saturated carbocycles. The molecule has 2 aromatic carbocycles. The minimum Gasteiger partial charge on any atom is -0.387 e. The van der Waals surface area contributed by atoms with Crippen LogP contribution >= 0.6 is 0 Å². The topological polar surface area (TPSA) is 188 Å². The molecular formula is C41H57F2N7O6. The molecule has 0 aliphatic rings. The van der Waals surface area contributed by atoms with Crippen LogP contribution in [0.4, 0.5) is 8.78 Å². The quantitative estimate of drug-likeness (QED) is 0.0842. The lowest BCUT2D eigenvalue weighted by atomic mass is 9.82. The average molecular weight is 782 g/mol. The van der Waals surface area contributed by atoms with Crippen molar-refractivity contribution in [2.75, 3.05) is 39.3 Å². The molecule has 0 fully saturated rings. The number of amides is 5. The lowest BCUT2D eigenvalue weighted by Gasteiger charge is -2.41. The number of halogens is 2. The zero-order valence-electron chi connectivity index (χ0n) is 32.8. The highest BCUT2D eigenvalue weighted by molar-refractivity contribution is 5.85. The second-order valence-corrected chi connectivity index (χ2v) is 14.8. The summed E-state index contributed by atoms with van der Waals surface area (Å²) in [5, 5.41) is 20.6. The number of aliphatic hydroxyl groups is 1. The molecule has 3 rings (SSSR count). The van der Waals surface area contributed by atoms with E-state index in [2.05, 4.69) is 21.3 Å². The van der Waals surface area contributed by atoms with Crippen LogP contribution < -0.4 is 27.0 Å². The van der Waals surface area contributed by atoms with Crippen molar-refractivity contribution in [3.63, 3.8) is 0 Å². The van der Waals surface area contributed by atoms with Crippen LogP contribution in [0, 0.1) is 17.0 Å². The molecule has 56 heavy (non-hydrogen) atoms. The molecule has 15 heteroatoms. The van der Waals surface area contributed by atoms with Crippen molar-refractivity contribution in [3.05, 3.63) is 83.7 Å². The minimum absolute atomic E-state index is 0.0178. The Morgan fingerprint density at radius 3 is 2.18 bits per heavy atom. The highest BCUT2D eigenvalue weighted by Gasteiger charge is 2.37. The lowest BCUT2D eigenvalue weighted by molar-refractivity contribution is -0.140. The van der Waals surface area contributed by atoms with E-state index in [1.54, 1.807) is 12.3 Å². The highest BCUT2D eigenvalue weighted by Crippen LogP contribution is 2.41. The number of aliphatic hydroxyl groups excluding tert-OH is 1. The Morgan fingerprint density at radius 2 is 1.52 bits per heavy atom. The number of aromatic nitrogens is 1. The Hall–Kier alpha value is -5.15. The van der Waals surface area contributed by atoms with Crippen LogP contribution in [-0.4, -0.2) is 89.5 Å². The fourth-order valence-electron chi connectivity index (χ4n) is 6.26. The number of nitrogens with two attached hydrogens (primary N) is 1. The van der Waals surface area contributed by atoms with Gasteiger partial charge in [-0.15, -0.1) is 0 Å². The minimum atomic E-state index is -1.05. The van der Waals surface area contributed by atoms with E-state index in [0.717, 1.165) is 36.6 Å². The van der Waals surface area contributed by atoms with Gasteiger partial charge in [0.25, 0.3) is 0 Å². The number of hydrogen-bond donors (Lipinski definition) is 6. The van der Waals surface area contributed by atoms with E-state index in [1.807, 2.05) is 62.6 Å². The molecule has 0 spiro atoms. The number of nitrogens with zero attached hydrogens (tertiary/aromatic N) is 2. The average Bonchev–Trinajstić information content (AvgIpc) is 3.56. The van der Waals surface area contributed by atoms with Gasteiger partial charge in [-0.3, -0.25) is 24.0 Å². The van der Waals surface area contributed by atoms with E-state index in [9.17, 15) is 33.5 Å². The summed E-state index contributed by atoms with van der Waals surface area (Å²) in [7, 11) is 0. The Balaban J connectivity index is 1.62. The van der Waals surface area contributed by atoms with Gasteiger partial charge in [0.05, 0.1) is 18.6 Å². The fourth-order valence-corrected chi connectivity index (χ4v) is 6.26. The molecule has 1 heterocycles. The molecule has 13 nitrogen and oxygen atoms in total. The lowest BCUT2D eigenvalue weighted by Crippen LogP contribution is -2.48. The summed E-state index contributed by atoms with van der Waals surface area (Å²) in [5.74, 6) is -3.26. The molecule has 0 radical (unpaired) electrons. The molecule has 3 aromatic rings. The van der Waals surface area contributed by atoms with Crippen LogP contribution in [-0.2, 0) is 30.5 Å². The molecule has 7 N–H and O–H groups in total. The third-order valence-electron chi connectivity index (χ3n) is 9.10. The molecule has 0 saturated heterocycles. The molecule has 2 unspecified atom stereocenters. The summed E-state index contributed by atoms with van der Waals surface area (Å²) in [4.78, 5) is 63.8. The zero-order valence-corrected chi connectivity index (χ0v) is 32.8. The summed E-state index contributed by atoms with van der Waals surface area (Å²) in [5.41, 5.74) is 7.61. The molecular weight excluding hydrogens is 724 g/mol. The molecule has 0 aliphatic carbocycles. The number of nitrogens with one attached hydrogen (secondary N) is 4. The van der Waals surface area contributed by atoms with E-state index >= 15 is 4.39 Å². The van der Waals surface area contributed by atoms with E-state index in [4.69, 9.17) is 5.73 Å². The summed E-state index contributed by atoms with van der Waals surface area (Å²) in [6, 6.07) is 12.7. The van der Waals surface area contributed by atoms with Gasteiger partial charge in [0.1, 0.15) is 18.2 Å². The summed E-state index contributed by atoms with van der Waals surface area (Å²) < 4.78 is 31.2. The first kappa shape index (κ1) is 45.2. The summed E-state index contributed by atoms with van der Waals surface area (Å²) in [6.07, 6.45) is 4.29. The molecule has 0 bridgehead atoms. The fraction of sp³-hybridized carbons (Fsp3) is 0.488. The van der Waals surface area contributed by atoms with Crippen molar-refractivity contribution < 1.29 is 37.9 Å². The van der Waals surface area contributed by atoms with Crippen molar-refractivity contribution in [1.29, 1.82) is 0 Å². The van der Waals surface area contributed by atoms with E-state index in [0.29, 0.717) is 30.8 Å². The number of carbonyl (C=O) groups excluding carboxylic acids is 5. The molecule has 5 amide bonds. The van der Waals surface area contributed by atoms with Crippen molar-refractivity contribution in [2.24, 2.45) is 11.1 Å². The molecule has 306 valence electrons. The second kappa shape index (κ2) is 22.4. The number of carbonyl (C=O) groups is 5. The normalized spacial score (nSPS) is 12.4. The van der Waals surface area contributed by atoms with Gasteiger partial charge >= 0.3 is 0 Å². The smallest absolute Gasteiger partial charge is 0.248 e. The van der Waals surface area contributed by atoms with Crippen molar-refractivity contribution in [1.82, 2.24) is 30.7 Å². The second-order valence-electron chi connectivity index (χ2n) is 14.8. The predicted molar refractivity (Wildman–Crippen MR) is 210 cm³/mol. The van der Waals surface area contributed by atoms with Crippen LogP contribution in [0.5, 0.6) is 0 Å². The maximum Gasteiger partial charge on any atom is 0.248 e. The van der Waals surface area contributed by atoms with Gasteiger partial charge in [-0.25, -0.2) is 8.78 Å². The Morgan fingerprint density at radius 1 is 0.857 bits per heavy atom. The Bertz CT molecular complexity index is 1760. The first-order valence-electron chi connectivity index (χ1n) is 19.1. The molecule has 2 atom stereocenters. The van der Waals surface area contributed by atoms with E-state index < -0.39 is 53.5 Å². The van der Waals surface area contributed by atoms with Crippen LogP contribution in [0.3, 0.4) is 0 Å². The maximum absolute atomic E-state index is 15.0. The number of unbranched alkanes of at least 4 members (excludes halogenated alkanes) is 1. The van der Waals surface area contributed by atoms with Gasteiger partial charge in [-0.05, 0) is 54.5 Å². The zero-order chi connectivity index (χ0) is 41.3. The summed E-state index contributed by atoms with van der Waals surface area (Å²) in [6.45, 7) is 7.77. The Labute approximate surface area is 327 Å². The van der Waals surface area contributed by atoms with Gasteiger partial charge in [-0.2, -0.15) is 0 Å². The van der Waals surface area contributed by atoms with Gasteiger partial charge in [0.15, 0.2) is 0 Å². The third kappa shape index (κ3) is 14.5. The standard InChI is InChI=1S/C41H57F2N7O6/c1-5-6-18-45-35(52)13-10-14-36(53)48-24-37(54)46-19-20-47-40(56)33(44)17-21-50(38(55)27-51)39(41(2,3)4)34-22-29(31-23-30(42)15-16-32(31)43)26-49(34)25-28-11-8-7-9-12-28/h7-9,11-12,15-16,22-23,26,33,39,51H,5-6,10,13-14,17-21,24-25,27,44H2,1-4H3,(H,45,52)(H,46,54)(H,47,56)(H,48,53). The predicted octanol–water partition coefficient (Wildman–Crippen LogP) is 3.54.